The summed E-state index contributed by atoms with van der Waals surface area (Å²) in [5.41, 5.74) is 1.04. The summed E-state index contributed by atoms with van der Waals surface area (Å²) in [6, 6.07) is 10.2. The quantitative estimate of drug-likeness (QED) is 0.844. The van der Waals surface area contributed by atoms with Crippen molar-refractivity contribution in [2.24, 2.45) is 0 Å². The van der Waals surface area contributed by atoms with Gasteiger partial charge in [-0.3, -0.25) is 4.55 Å². The summed E-state index contributed by atoms with van der Waals surface area (Å²) in [5, 5.41) is 0. The second-order valence-electron chi connectivity index (χ2n) is 5.11. The number of anilines is 1. The zero-order valence-corrected chi connectivity index (χ0v) is 11.8. The van der Waals surface area contributed by atoms with Gasteiger partial charge in [-0.1, -0.05) is 37.5 Å². The molecule has 1 saturated carbocycles. The second-order valence-corrected chi connectivity index (χ2v) is 6.68. The molecule has 1 aromatic carbocycles. The monoisotopic (exact) mass is 283 g/mol. The van der Waals surface area contributed by atoms with Crippen LogP contribution in [0.2, 0.25) is 0 Å². The van der Waals surface area contributed by atoms with Gasteiger partial charge in [-0.25, -0.2) is 0 Å². The Labute approximate surface area is 115 Å². The third-order valence-electron chi connectivity index (χ3n) is 3.69. The number of rotatable bonds is 5. The highest BCUT2D eigenvalue weighted by atomic mass is 32.2. The van der Waals surface area contributed by atoms with Gasteiger partial charge in [0.15, 0.2) is 0 Å². The predicted octanol–water partition coefficient (Wildman–Crippen LogP) is 2.71. The van der Waals surface area contributed by atoms with Crippen molar-refractivity contribution in [3.63, 3.8) is 0 Å². The van der Waals surface area contributed by atoms with Crippen molar-refractivity contribution < 1.29 is 13.0 Å². The molecule has 0 radical (unpaired) electrons. The Bertz CT molecular complexity index is 481. The standard InChI is InChI=1S/C14H21NO3S/c16-19(17,18)12-11-15(13-7-3-1-4-8-13)14-9-5-2-6-10-14/h1,3-4,7-8,14H,2,5-6,9-12H2,(H,16,17,18). The van der Waals surface area contributed by atoms with Crippen molar-refractivity contribution in [3.05, 3.63) is 30.3 Å². The van der Waals surface area contributed by atoms with Gasteiger partial charge in [-0.15, -0.1) is 0 Å². The summed E-state index contributed by atoms with van der Waals surface area (Å²) in [7, 11) is -3.91. The predicted molar refractivity (Wildman–Crippen MR) is 77.1 cm³/mol. The second kappa shape index (κ2) is 6.39. The molecule has 0 spiro atoms. The van der Waals surface area contributed by atoms with E-state index in [1.54, 1.807) is 0 Å². The van der Waals surface area contributed by atoms with E-state index in [4.69, 9.17) is 4.55 Å². The van der Waals surface area contributed by atoms with Crippen molar-refractivity contribution in [1.82, 2.24) is 0 Å². The first-order chi connectivity index (χ1) is 9.06. The summed E-state index contributed by atoms with van der Waals surface area (Å²) in [6.45, 7) is 0.355. The molecule has 1 aliphatic carbocycles. The van der Waals surface area contributed by atoms with E-state index in [0.717, 1.165) is 18.5 Å². The van der Waals surface area contributed by atoms with E-state index in [1.807, 2.05) is 30.3 Å². The van der Waals surface area contributed by atoms with Crippen molar-refractivity contribution in [2.75, 3.05) is 17.2 Å². The van der Waals surface area contributed by atoms with Crippen molar-refractivity contribution in [3.8, 4) is 0 Å². The zero-order valence-electron chi connectivity index (χ0n) is 11.0. The van der Waals surface area contributed by atoms with Crippen LogP contribution in [0.1, 0.15) is 32.1 Å². The van der Waals surface area contributed by atoms with Gasteiger partial charge in [0, 0.05) is 18.3 Å². The fourth-order valence-electron chi connectivity index (χ4n) is 2.75. The first-order valence-electron chi connectivity index (χ1n) is 6.83. The largest absolute Gasteiger partial charge is 0.367 e. The molecule has 0 aromatic heterocycles. The van der Waals surface area contributed by atoms with E-state index < -0.39 is 10.1 Å². The van der Waals surface area contributed by atoms with Crippen LogP contribution in [0.5, 0.6) is 0 Å². The van der Waals surface area contributed by atoms with Crippen LogP contribution in [0.4, 0.5) is 5.69 Å². The lowest BCUT2D eigenvalue weighted by atomic mass is 9.94. The maximum absolute atomic E-state index is 11.0. The first-order valence-corrected chi connectivity index (χ1v) is 8.44. The van der Waals surface area contributed by atoms with E-state index >= 15 is 0 Å². The summed E-state index contributed by atoms with van der Waals surface area (Å²) in [6.07, 6.45) is 5.85. The van der Waals surface area contributed by atoms with Gasteiger partial charge < -0.3 is 4.90 Å². The Morgan fingerprint density at radius 1 is 1.11 bits per heavy atom. The molecule has 0 amide bonds. The normalized spacial score (nSPS) is 17.3. The minimum Gasteiger partial charge on any atom is -0.367 e. The van der Waals surface area contributed by atoms with Crippen LogP contribution in [0.15, 0.2) is 30.3 Å². The van der Waals surface area contributed by atoms with Crippen LogP contribution < -0.4 is 4.90 Å². The minimum atomic E-state index is -3.91. The van der Waals surface area contributed by atoms with E-state index in [-0.39, 0.29) is 5.75 Å². The molecule has 106 valence electrons. The molecule has 0 unspecified atom stereocenters. The van der Waals surface area contributed by atoms with Gasteiger partial charge in [0.05, 0.1) is 5.75 Å². The summed E-state index contributed by atoms with van der Waals surface area (Å²) < 4.78 is 30.9. The van der Waals surface area contributed by atoms with Crippen molar-refractivity contribution in [2.45, 2.75) is 38.1 Å². The third-order valence-corrected chi connectivity index (χ3v) is 4.39. The van der Waals surface area contributed by atoms with Crippen LogP contribution in [-0.4, -0.2) is 31.3 Å². The smallest absolute Gasteiger partial charge is 0.266 e. The average molecular weight is 283 g/mol. The molecule has 19 heavy (non-hydrogen) atoms. The molecule has 5 heteroatoms. The maximum atomic E-state index is 11.0. The molecule has 0 aliphatic heterocycles. The highest BCUT2D eigenvalue weighted by molar-refractivity contribution is 7.85. The van der Waals surface area contributed by atoms with Crippen molar-refractivity contribution >= 4 is 15.8 Å². The highest BCUT2D eigenvalue weighted by Crippen LogP contribution is 2.27. The van der Waals surface area contributed by atoms with E-state index in [9.17, 15) is 8.42 Å². The van der Waals surface area contributed by atoms with E-state index in [0.29, 0.717) is 12.6 Å². The van der Waals surface area contributed by atoms with Gasteiger partial charge >= 0.3 is 0 Å². The third kappa shape index (κ3) is 4.51. The maximum Gasteiger partial charge on any atom is 0.266 e. The number of nitrogens with zero attached hydrogens (tertiary/aromatic N) is 1. The summed E-state index contributed by atoms with van der Waals surface area (Å²) in [5.74, 6) is -0.210. The van der Waals surface area contributed by atoms with Crippen LogP contribution in [0.25, 0.3) is 0 Å². The lowest BCUT2D eigenvalue weighted by Gasteiger charge is -2.36. The van der Waals surface area contributed by atoms with Crippen molar-refractivity contribution in [1.29, 1.82) is 0 Å². The summed E-state index contributed by atoms with van der Waals surface area (Å²) >= 11 is 0. The number of para-hydroxylation sites is 1. The molecule has 2 rings (SSSR count). The Balaban J connectivity index is 2.12. The topological polar surface area (TPSA) is 57.6 Å². The Hall–Kier alpha value is -1.07. The molecule has 1 aromatic rings. The van der Waals surface area contributed by atoms with E-state index in [2.05, 4.69) is 4.90 Å². The van der Waals surface area contributed by atoms with Gasteiger partial charge in [-0.05, 0) is 25.0 Å². The summed E-state index contributed by atoms with van der Waals surface area (Å²) in [4.78, 5) is 2.13. The van der Waals surface area contributed by atoms with Gasteiger partial charge in [0.1, 0.15) is 0 Å². The molecule has 0 saturated heterocycles. The van der Waals surface area contributed by atoms with Crippen LogP contribution in [0.3, 0.4) is 0 Å². The zero-order chi connectivity index (χ0) is 13.7. The molecular formula is C14H21NO3S. The molecular weight excluding hydrogens is 262 g/mol. The number of hydrogen-bond donors (Lipinski definition) is 1. The fraction of sp³-hybridized carbons (Fsp3) is 0.571. The molecule has 0 heterocycles. The fourth-order valence-corrected chi connectivity index (χ4v) is 3.18. The van der Waals surface area contributed by atoms with Crippen LogP contribution >= 0.6 is 0 Å². The minimum absolute atomic E-state index is 0.210. The first kappa shape index (κ1) is 14.3. The molecule has 0 atom stereocenters. The van der Waals surface area contributed by atoms with Gasteiger partial charge in [-0.2, -0.15) is 8.42 Å². The van der Waals surface area contributed by atoms with Crippen LogP contribution in [-0.2, 0) is 10.1 Å². The van der Waals surface area contributed by atoms with E-state index in [1.165, 1.54) is 19.3 Å². The number of benzene rings is 1. The lowest BCUT2D eigenvalue weighted by Crippen LogP contribution is -2.39. The molecule has 1 N–H and O–H groups in total. The Morgan fingerprint density at radius 3 is 2.32 bits per heavy atom. The molecule has 0 bridgehead atoms. The average Bonchev–Trinajstić information content (AvgIpc) is 2.40. The number of hydrogen-bond acceptors (Lipinski definition) is 3. The van der Waals surface area contributed by atoms with Gasteiger partial charge in [0.2, 0.25) is 0 Å². The Morgan fingerprint density at radius 2 is 1.74 bits per heavy atom. The molecule has 1 fully saturated rings. The highest BCUT2D eigenvalue weighted by Gasteiger charge is 2.22. The SMILES string of the molecule is O=S(=O)(O)CCN(c1ccccc1)C1CCCCC1. The Kier molecular flexibility index (Phi) is 4.82. The molecule has 4 nitrogen and oxygen atoms in total. The molecule has 1 aliphatic rings. The lowest BCUT2D eigenvalue weighted by molar-refractivity contribution is 0.416. The van der Waals surface area contributed by atoms with Gasteiger partial charge in [0.25, 0.3) is 10.1 Å². The van der Waals surface area contributed by atoms with Crippen LogP contribution in [0, 0.1) is 0 Å².